The van der Waals surface area contributed by atoms with Crippen LogP contribution in [0.1, 0.15) is 5.56 Å². The second-order valence-corrected chi connectivity index (χ2v) is 2.52. The van der Waals surface area contributed by atoms with Crippen molar-refractivity contribution in [3.8, 4) is 0 Å². The molecule has 0 unspecified atom stereocenters. The Labute approximate surface area is 77.2 Å². The normalized spacial score (nSPS) is 9.93. The molecule has 0 bridgehead atoms. The standard InChI is InChI=1S/C8H6F3NO2/c9-5-1-4(3-12-8(13)14)7(11)6(10)2-5/h1-2,12H,3H2,(H,13,14). The minimum atomic E-state index is -1.39. The van der Waals surface area contributed by atoms with Crippen LogP contribution in [0.15, 0.2) is 12.1 Å². The first-order chi connectivity index (χ1) is 6.50. The van der Waals surface area contributed by atoms with Crippen LogP contribution >= 0.6 is 0 Å². The SMILES string of the molecule is O=C(O)NCc1cc(F)cc(F)c1F. The van der Waals surface area contributed by atoms with Crippen molar-refractivity contribution in [1.82, 2.24) is 5.32 Å². The van der Waals surface area contributed by atoms with E-state index in [0.29, 0.717) is 6.07 Å². The minimum absolute atomic E-state index is 0.370. The van der Waals surface area contributed by atoms with E-state index in [1.807, 2.05) is 0 Å². The lowest BCUT2D eigenvalue weighted by atomic mass is 10.2. The summed E-state index contributed by atoms with van der Waals surface area (Å²) in [6.07, 6.45) is -1.39. The number of carboxylic acid groups (broad SMARTS) is 1. The summed E-state index contributed by atoms with van der Waals surface area (Å²) < 4.78 is 38.0. The zero-order chi connectivity index (χ0) is 10.7. The van der Waals surface area contributed by atoms with Crippen LogP contribution in [0.2, 0.25) is 0 Å². The highest BCUT2D eigenvalue weighted by Crippen LogP contribution is 2.13. The summed E-state index contributed by atoms with van der Waals surface area (Å²) in [5, 5.41) is 9.98. The van der Waals surface area contributed by atoms with E-state index in [-0.39, 0.29) is 5.56 Å². The number of carbonyl (C=O) groups is 1. The van der Waals surface area contributed by atoms with Crippen molar-refractivity contribution >= 4 is 6.09 Å². The number of halogens is 3. The van der Waals surface area contributed by atoms with Gasteiger partial charge in [0.1, 0.15) is 5.82 Å². The van der Waals surface area contributed by atoms with E-state index in [2.05, 4.69) is 0 Å². The fourth-order valence-electron chi connectivity index (χ4n) is 0.909. The molecule has 14 heavy (non-hydrogen) atoms. The van der Waals surface area contributed by atoms with Crippen LogP contribution in [-0.2, 0) is 6.54 Å². The van der Waals surface area contributed by atoms with Gasteiger partial charge in [0.15, 0.2) is 11.6 Å². The molecule has 3 nitrogen and oxygen atoms in total. The fourth-order valence-corrected chi connectivity index (χ4v) is 0.909. The molecule has 1 aromatic rings. The van der Waals surface area contributed by atoms with E-state index < -0.39 is 30.1 Å². The van der Waals surface area contributed by atoms with Gasteiger partial charge in [0.25, 0.3) is 0 Å². The number of amides is 1. The van der Waals surface area contributed by atoms with E-state index in [1.54, 1.807) is 5.32 Å². The number of nitrogens with one attached hydrogen (secondary N) is 1. The van der Waals surface area contributed by atoms with Gasteiger partial charge in [-0.25, -0.2) is 18.0 Å². The Bertz CT molecular complexity index is 368. The zero-order valence-corrected chi connectivity index (χ0v) is 6.85. The zero-order valence-electron chi connectivity index (χ0n) is 6.85. The van der Waals surface area contributed by atoms with E-state index in [1.165, 1.54) is 0 Å². The minimum Gasteiger partial charge on any atom is -0.465 e. The van der Waals surface area contributed by atoms with Crippen LogP contribution in [0.25, 0.3) is 0 Å². The quantitative estimate of drug-likeness (QED) is 0.724. The highest BCUT2D eigenvalue weighted by atomic mass is 19.2. The summed E-state index contributed by atoms with van der Waals surface area (Å²) in [6, 6.07) is 1.12. The Hall–Kier alpha value is -1.72. The predicted octanol–water partition coefficient (Wildman–Crippen LogP) is 1.87. The van der Waals surface area contributed by atoms with Gasteiger partial charge in [-0.2, -0.15) is 0 Å². The van der Waals surface area contributed by atoms with Gasteiger partial charge in [-0.15, -0.1) is 0 Å². The molecule has 1 amide bonds. The molecule has 0 saturated carbocycles. The third-order valence-electron chi connectivity index (χ3n) is 1.50. The average Bonchev–Trinajstić information content (AvgIpc) is 2.08. The van der Waals surface area contributed by atoms with Crippen molar-refractivity contribution in [3.05, 3.63) is 35.1 Å². The first kappa shape index (κ1) is 10.4. The van der Waals surface area contributed by atoms with E-state index in [4.69, 9.17) is 5.11 Å². The Morgan fingerprint density at radius 2 is 2.00 bits per heavy atom. The number of hydrogen-bond donors (Lipinski definition) is 2. The third-order valence-corrected chi connectivity index (χ3v) is 1.50. The lowest BCUT2D eigenvalue weighted by Crippen LogP contribution is -2.21. The fraction of sp³-hybridized carbons (Fsp3) is 0.125. The molecule has 0 aliphatic rings. The molecule has 1 rings (SSSR count). The van der Waals surface area contributed by atoms with E-state index in [0.717, 1.165) is 6.07 Å². The summed E-state index contributed by atoms with van der Waals surface area (Å²) in [6.45, 7) is -0.476. The largest absolute Gasteiger partial charge is 0.465 e. The van der Waals surface area contributed by atoms with Crippen LogP contribution in [0.3, 0.4) is 0 Å². The number of rotatable bonds is 2. The topological polar surface area (TPSA) is 49.3 Å². The maximum atomic E-state index is 12.9. The van der Waals surface area contributed by atoms with Crippen LogP contribution in [0, 0.1) is 17.5 Å². The molecule has 0 atom stereocenters. The van der Waals surface area contributed by atoms with Crippen molar-refractivity contribution < 1.29 is 23.1 Å². The van der Waals surface area contributed by atoms with E-state index >= 15 is 0 Å². The van der Waals surface area contributed by atoms with Crippen molar-refractivity contribution in [2.75, 3.05) is 0 Å². The molecule has 76 valence electrons. The van der Waals surface area contributed by atoms with Gasteiger partial charge < -0.3 is 10.4 Å². The maximum absolute atomic E-state index is 12.9. The van der Waals surface area contributed by atoms with Crippen LogP contribution in [0.4, 0.5) is 18.0 Å². The molecule has 0 heterocycles. The van der Waals surface area contributed by atoms with Gasteiger partial charge in [0.2, 0.25) is 0 Å². The highest BCUT2D eigenvalue weighted by molar-refractivity contribution is 5.64. The van der Waals surface area contributed by atoms with Gasteiger partial charge in [-0.05, 0) is 6.07 Å². The summed E-state index contributed by atoms with van der Waals surface area (Å²) in [7, 11) is 0. The van der Waals surface area contributed by atoms with Gasteiger partial charge in [-0.3, -0.25) is 0 Å². The Balaban J connectivity index is 2.90. The van der Waals surface area contributed by atoms with Crippen molar-refractivity contribution in [2.24, 2.45) is 0 Å². The van der Waals surface area contributed by atoms with Crippen molar-refractivity contribution in [1.29, 1.82) is 0 Å². The Morgan fingerprint density at radius 3 is 2.57 bits per heavy atom. The van der Waals surface area contributed by atoms with Crippen molar-refractivity contribution in [2.45, 2.75) is 6.54 Å². The monoisotopic (exact) mass is 205 g/mol. The van der Waals surface area contributed by atoms with Gasteiger partial charge >= 0.3 is 6.09 Å². The molecular formula is C8H6F3NO2. The van der Waals surface area contributed by atoms with Gasteiger partial charge in [0, 0.05) is 18.2 Å². The molecule has 0 fully saturated rings. The Morgan fingerprint density at radius 1 is 1.36 bits per heavy atom. The predicted molar refractivity (Wildman–Crippen MR) is 41.2 cm³/mol. The summed E-state index contributed by atoms with van der Waals surface area (Å²) in [5.74, 6) is -3.54. The molecule has 0 radical (unpaired) electrons. The summed E-state index contributed by atoms with van der Waals surface area (Å²) in [4.78, 5) is 10.0. The molecular weight excluding hydrogens is 199 g/mol. The highest BCUT2D eigenvalue weighted by Gasteiger charge is 2.11. The smallest absolute Gasteiger partial charge is 0.404 e. The second kappa shape index (κ2) is 3.99. The number of benzene rings is 1. The lowest BCUT2D eigenvalue weighted by Gasteiger charge is -2.03. The molecule has 0 aromatic heterocycles. The van der Waals surface area contributed by atoms with Crippen LogP contribution in [-0.4, -0.2) is 11.2 Å². The first-order valence-electron chi connectivity index (χ1n) is 3.61. The van der Waals surface area contributed by atoms with Crippen LogP contribution in [0.5, 0.6) is 0 Å². The van der Waals surface area contributed by atoms with Crippen molar-refractivity contribution in [3.63, 3.8) is 0 Å². The Kier molecular flexibility index (Phi) is 2.95. The molecule has 0 aliphatic carbocycles. The summed E-state index contributed by atoms with van der Waals surface area (Å²) in [5.41, 5.74) is -0.370. The average molecular weight is 205 g/mol. The second-order valence-electron chi connectivity index (χ2n) is 2.52. The van der Waals surface area contributed by atoms with Gasteiger partial charge in [-0.1, -0.05) is 0 Å². The molecule has 0 spiro atoms. The lowest BCUT2D eigenvalue weighted by molar-refractivity contribution is 0.193. The maximum Gasteiger partial charge on any atom is 0.404 e. The van der Waals surface area contributed by atoms with E-state index in [9.17, 15) is 18.0 Å². The first-order valence-corrected chi connectivity index (χ1v) is 3.61. The van der Waals surface area contributed by atoms with Gasteiger partial charge in [0.05, 0.1) is 0 Å². The molecule has 2 N–H and O–H groups in total. The number of hydrogen-bond acceptors (Lipinski definition) is 1. The molecule has 0 aliphatic heterocycles. The third kappa shape index (κ3) is 2.38. The summed E-state index contributed by atoms with van der Waals surface area (Å²) >= 11 is 0. The molecule has 0 saturated heterocycles. The van der Waals surface area contributed by atoms with Crippen LogP contribution < -0.4 is 5.32 Å². The molecule has 1 aromatic carbocycles. The molecule has 6 heteroatoms.